The van der Waals surface area contributed by atoms with Crippen LogP contribution in [0, 0.1) is 17.8 Å². The van der Waals surface area contributed by atoms with Crippen LogP contribution >= 0.6 is 0 Å². The number of hydrogen-bond donors (Lipinski definition) is 1. The Bertz CT molecular complexity index is 967. The molecule has 162 valence electrons. The van der Waals surface area contributed by atoms with E-state index in [0.717, 1.165) is 5.69 Å². The van der Waals surface area contributed by atoms with Gasteiger partial charge in [0.1, 0.15) is 0 Å². The van der Waals surface area contributed by atoms with Gasteiger partial charge in [-0.1, -0.05) is 0 Å². The van der Waals surface area contributed by atoms with Gasteiger partial charge in [0.2, 0.25) is 5.92 Å². The van der Waals surface area contributed by atoms with E-state index in [9.17, 15) is 22.4 Å². The van der Waals surface area contributed by atoms with Gasteiger partial charge in [0.15, 0.2) is 5.65 Å². The maximum atomic E-state index is 13.7. The number of carbonyl (C=O) groups excluding carboxylic acids is 1. The first-order chi connectivity index (χ1) is 14.2. The second-order valence-electron chi connectivity index (χ2n) is 8.86. The van der Waals surface area contributed by atoms with Crippen LogP contribution in [0.15, 0.2) is 18.5 Å². The molecular formula is C20H23F4N5O. The molecule has 2 aromatic heterocycles. The Labute approximate surface area is 170 Å². The number of fused-ring (bicyclic) bond motifs is 2. The highest BCUT2D eigenvalue weighted by molar-refractivity contribution is 5.75. The van der Waals surface area contributed by atoms with Crippen molar-refractivity contribution in [3.8, 4) is 0 Å². The molecule has 0 radical (unpaired) electrons. The third kappa shape index (κ3) is 3.60. The van der Waals surface area contributed by atoms with Gasteiger partial charge >= 0.3 is 6.03 Å². The monoisotopic (exact) mass is 425 g/mol. The van der Waals surface area contributed by atoms with E-state index < -0.39 is 23.7 Å². The molecule has 2 amide bonds. The lowest BCUT2D eigenvalue weighted by Gasteiger charge is -2.27. The lowest BCUT2D eigenvalue weighted by molar-refractivity contribution is -0.0457. The van der Waals surface area contributed by atoms with Crippen molar-refractivity contribution in [2.24, 2.45) is 17.8 Å². The maximum Gasteiger partial charge on any atom is 0.317 e. The van der Waals surface area contributed by atoms with Crippen LogP contribution in [-0.4, -0.2) is 50.5 Å². The van der Waals surface area contributed by atoms with Crippen molar-refractivity contribution in [3.63, 3.8) is 0 Å². The Morgan fingerprint density at radius 2 is 1.93 bits per heavy atom. The van der Waals surface area contributed by atoms with Gasteiger partial charge in [0.25, 0.3) is 5.92 Å². The van der Waals surface area contributed by atoms with Crippen LogP contribution in [0.1, 0.15) is 36.9 Å². The Morgan fingerprint density at radius 1 is 1.17 bits per heavy atom. The summed E-state index contributed by atoms with van der Waals surface area (Å²) >= 11 is 0. The topological polar surface area (TPSA) is 62.5 Å². The van der Waals surface area contributed by atoms with E-state index in [-0.39, 0.29) is 44.4 Å². The fourth-order valence-electron chi connectivity index (χ4n) is 4.72. The highest BCUT2D eigenvalue weighted by Gasteiger charge is 2.69. The van der Waals surface area contributed by atoms with Crippen LogP contribution in [0.2, 0.25) is 0 Å². The molecule has 3 fully saturated rings. The Morgan fingerprint density at radius 3 is 2.70 bits per heavy atom. The zero-order valence-corrected chi connectivity index (χ0v) is 16.3. The molecular weight excluding hydrogens is 402 g/mol. The van der Waals surface area contributed by atoms with Gasteiger partial charge in [-0.2, -0.15) is 5.10 Å². The van der Waals surface area contributed by atoms with E-state index in [4.69, 9.17) is 0 Å². The van der Waals surface area contributed by atoms with Gasteiger partial charge in [-0.25, -0.2) is 31.9 Å². The van der Waals surface area contributed by atoms with E-state index >= 15 is 0 Å². The normalized spacial score (nSPS) is 28.1. The highest BCUT2D eigenvalue weighted by Crippen LogP contribution is 2.55. The number of imidazole rings is 1. The smallest absolute Gasteiger partial charge is 0.317 e. The highest BCUT2D eigenvalue weighted by atomic mass is 19.3. The van der Waals surface area contributed by atoms with Gasteiger partial charge in [-0.15, -0.1) is 0 Å². The number of rotatable bonds is 4. The second-order valence-corrected chi connectivity index (χ2v) is 8.86. The number of hydrogen-bond acceptors (Lipinski definition) is 3. The minimum atomic E-state index is -2.71. The van der Waals surface area contributed by atoms with E-state index in [0.29, 0.717) is 30.5 Å². The van der Waals surface area contributed by atoms with Crippen LogP contribution < -0.4 is 5.32 Å². The van der Waals surface area contributed by atoms with Gasteiger partial charge in [-0.05, 0) is 36.8 Å². The average Bonchev–Trinajstić information content (AvgIpc) is 3.04. The minimum absolute atomic E-state index is 0.000994. The third-order valence-electron chi connectivity index (χ3n) is 6.68. The van der Waals surface area contributed by atoms with Crippen molar-refractivity contribution < 1.29 is 22.4 Å². The Balaban J connectivity index is 1.27. The average molecular weight is 425 g/mol. The van der Waals surface area contributed by atoms with Crippen molar-refractivity contribution in [3.05, 3.63) is 29.7 Å². The number of carbonyl (C=O) groups is 1. The third-order valence-corrected chi connectivity index (χ3v) is 6.68. The molecule has 3 aliphatic rings. The molecule has 6 nitrogen and oxygen atoms in total. The molecule has 2 aromatic rings. The van der Waals surface area contributed by atoms with E-state index in [2.05, 4.69) is 15.4 Å². The molecule has 1 N–H and O–H groups in total. The van der Waals surface area contributed by atoms with Crippen molar-refractivity contribution in [1.29, 1.82) is 0 Å². The second kappa shape index (κ2) is 6.81. The number of nitrogens with one attached hydrogen (secondary N) is 1. The maximum absolute atomic E-state index is 13.7. The summed E-state index contributed by atoms with van der Waals surface area (Å²) in [6.45, 7) is 0.191. The minimum Gasteiger partial charge on any atom is -0.337 e. The SMILES string of the molecule is O=C1NCC2C(CN1Cc1cnn3cc(CC4CCC(F)(F)CC4)nc3c1)C2(F)F. The van der Waals surface area contributed by atoms with Crippen LogP contribution in [0.3, 0.4) is 0 Å². The molecule has 3 heterocycles. The van der Waals surface area contributed by atoms with Crippen molar-refractivity contribution >= 4 is 11.7 Å². The fourth-order valence-corrected chi connectivity index (χ4v) is 4.72. The van der Waals surface area contributed by atoms with E-state index in [1.165, 1.54) is 4.90 Å². The first-order valence-corrected chi connectivity index (χ1v) is 10.3. The van der Waals surface area contributed by atoms with Crippen LogP contribution in [0.5, 0.6) is 0 Å². The zero-order valence-electron chi connectivity index (χ0n) is 16.3. The number of halogens is 4. The summed E-state index contributed by atoms with van der Waals surface area (Å²) in [4.78, 5) is 18.2. The van der Waals surface area contributed by atoms with Gasteiger partial charge < -0.3 is 10.2 Å². The summed E-state index contributed by atoms with van der Waals surface area (Å²) in [7, 11) is 0. The molecule has 5 rings (SSSR count). The predicted molar refractivity (Wildman–Crippen MR) is 99.3 cm³/mol. The van der Waals surface area contributed by atoms with E-state index in [1.807, 2.05) is 0 Å². The summed E-state index contributed by atoms with van der Waals surface area (Å²) in [6.07, 6.45) is 4.83. The van der Waals surface area contributed by atoms with Gasteiger partial charge in [-0.3, -0.25) is 0 Å². The summed E-state index contributed by atoms with van der Waals surface area (Å²) in [6, 6.07) is 1.43. The van der Waals surface area contributed by atoms with Crippen LogP contribution in [-0.2, 0) is 13.0 Å². The molecule has 1 saturated heterocycles. The molecule has 2 aliphatic carbocycles. The van der Waals surface area contributed by atoms with E-state index in [1.54, 1.807) is 23.0 Å². The number of alkyl halides is 4. The molecule has 0 spiro atoms. The molecule has 2 saturated carbocycles. The lowest BCUT2D eigenvalue weighted by Crippen LogP contribution is -2.40. The lowest BCUT2D eigenvalue weighted by atomic mass is 9.84. The molecule has 0 aromatic carbocycles. The molecule has 30 heavy (non-hydrogen) atoms. The number of urea groups is 1. The summed E-state index contributed by atoms with van der Waals surface area (Å²) < 4.78 is 55.7. The first kappa shape index (κ1) is 19.6. The Kier molecular flexibility index (Phi) is 4.44. The molecule has 1 aliphatic heterocycles. The fraction of sp³-hybridized carbons (Fsp3) is 0.650. The quantitative estimate of drug-likeness (QED) is 0.763. The number of nitrogens with zero attached hydrogens (tertiary/aromatic N) is 4. The summed E-state index contributed by atoms with van der Waals surface area (Å²) in [5.74, 6) is -6.65. The van der Waals surface area contributed by atoms with Crippen LogP contribution in [0.25, 0.3) is 5.65 Å². The zero-order chi connectivity index (χ0) is 21.1. The predicted octanol–water partition coefficient (Wildman–Crippen LogP) is 3.50. The van der Waals surface area contributed by atoms with Crippen LogP contribution in [0.4, 0.5) is 22.4 Å². The molecule has 0 bridgehead atoms. The standard InChI is InChI=1S/C20H23F4N5O/c21-19(22)3-1-12(2-4-19)5-14-10-29-17(27-14)6-13(7-26-29)9-28-11-16-15(20(16,23)24)8-25-18(28)30/h6-7,10,12,15-16H,1-5,8-9,11H2,(H,25,30). The first-order valence-electron chi connectivity index (χ1n) is 10.3. The molecule has 2 atom stereocenters. The molecule has 2 unspecified atom stereocenters. The van der Waals surface area contributed by atoms with Crippen molar-refractivity contribution in [2.45, 2.75) is 50.5 Å². The summed E-state index contributed by atoms with van der Waals surface area (Å²) in [5.41, 5.74) is 2.09. The van der Waals surface area contributed by atoms with Gasteiger partial charge in [0, 0.05) is 32.5 Å². The van der Waals surface area contributed by atoms with Crippen molar-refractivity contribution in [2.75, 3.05) is 13.1 Å². The van der Waals surface area contributed by atoms with Gasteiger partial charge in [0.05, 0.1) is 29.9 Å². The largest absolute Gasteiger partial charge is 0.337 e. The van der Waals surface area contributed by atoms with Crippen molar-refractivity contribution in [1.82, 2.24) is 24.8 Å². The summed E-state index contributed by atoms with van der Waals surface area (Å²) in [5, 5.41) is 6.88. The Hall–Kier alpha value is -2.39. The number of aromatic nitrogens is 3. The molecule has 10 heteroatoms. The number of amides is 2.